The van der Waals surface area contributed by atoms with Crippen LogP contribution in [0.3, 0.4) is 0 Å². The maximum atomic E-state index is 11.5. The Kier molecular flexibility index (Phi) is 5.18. The van der Waals surface area contributed by atoms with Gasteiger partial charge < -0.3 is 10.0 Å². The molecule has 0 spiro atoms. The van der Waals surface area contributed by atoms with Gasteiger partial charge in [0.25, 0.3) is 0 Å². The molecule has 0 atom stereocenters. The highest BCUT2D eigenvalue weighted by Gasteiger charge is 2.24. The predicted octanol–water partition coefficient (Wildman–Crippen LogP) is 0.608. The second-order valence-electron chi connectivity index (χ2n) is 5.38. The van der Waals surface area contributed by atoms with Crippen LogP contribution < -0.4 is 4.90 Å². The van der Waals surface area contributed by atoms with E-state index >= 15 is 0 Å². The fourth-order valence-corrected chi connectivity index (χ4v) is 3.35. The van der Waals surface area contributed by atoms with E-state index in [-0.39, 0.29) is 6.61 Å². The summed E-state index contributed by atoms with van der Waals surface area (Å²) in [5, 5.41) is 9.37. The van der Waals surface area contributed by atoms with Gasteiger partial charge in [0.2, 0.25) is 10.0 Å². The van der Waals surface area contributed by atoms with E-state index in [1.165, 1.54) is 10.6 Å². The summed E-state index contributed by atoms with van der Waals surface area (Å²) >= 11 is 0. The molecule has 1 aliphatic rings. The van der Waals surface area contributed by atoms with E-state index in [9.17, 15) is 13.5 Å². The first kappa shape index (κ1) is 16.2. The lowest BCUT2D eigenvalue weighted by molar-refractivity contribution is 0.281. The highest BCUT2D eigenvalue weighted by molar-refractivity contribution is 7.88. The van der Waals surface area contributed by atoms with Crippen molar-refractivity contribution in [2.45, 2.75) is 26.4 Å². The zero-order valence-corrected chi connectivity index (χ0v) is 13.4. The fourth-order valence-electron chi connectivity index (χ4n) is 2.52. The van der Waals surface area contributed by atoms with E-state index in [0.717, 1.165) is 29.9 Å². The minimum atomic E-state index is -3.11. The molecular weight excluding hydrogens is 290 g/mol. The molecular formula is C14H23N3O3S. The minimum absolute atomic E-state index is 0.00443. The Hall–Kier alpha value is -1.18. The molecule has 0 radical (unpaired) electrons. The Morgan fingerprint density at radius 3 is 2.43 bits per heavy atom. The van der Waals surface area contributed by atoms with Gasteiger partial charge >= 0.3 is 0 Å². The number of aryl methyl sites for hydroxylation is 1. The van der Waals surface area contributed by atoms with Crippen LogP contribution in [-0.4, -0.2) is 55.2 Å². The van der Waals surface area contributed by atoms with Crippen LogP contribution in [0.4, 0.5) is 5.82 Å². The van der Waals surface area contributed by atoms with Gasteiger partial charge in [0.1, 0.15) is 5.82 Å². The van der Waals surface area contributed by atoms with Crippen molar-refractivity contribution in [1.29, 1.82) is 0 Å². The van der Waals surface area contributed by atoms with Crippen LogP contribution in [0.1, 0.15) is 24.6 Å². The van der Waals surface area contributed by atoms with Gasteiger partial charge in [0, 0.05) is 31.9 Å². The molecule has 1 fully saturated rings. The Morgan fingerprint density at radius 1 is 1.24 bits per heavy atom. The third-order valence-electron chi connectivity index (χ3n) is 3.65. The van der Waals surface area contributed by atoms with Crippen LogP contribution >= 0.6 is 0 Å². The van der Waals surface area contributed by atoms with Gasteiger partial charge in [-0.1, -0.05) is 13.3 Å². The Morgan fingerprint density at radius 2 is 1.90 bits per heavy atom. The van der Waals surface area contributed by atoms with Crippen molar-refractivity contribution in [2.75, 3.05) is 37.3 Å². The molecule has 0 aliphatic carbocycles. The molecule has 1 aliphatic heterocycles. The zero-order chi connectivity index (χ0) is 15.5. The molecule has 0 unspecified atom stereocenters. The highest BCUT2D eigenvalue weighted by atomic mass is 32.2. The number of nitrogens with zero attached hydrogens (tertiary/aromatic N) is 3. The van der Waals surface area contributed by atoms with Crippen molar-refractivity contribution >= 4 is 15.8 Å². The fraction of sp³-hybridized carbons (Fsp3) is 0.643. The van der Waals surface area contributed by atoms with Crippen LogP contribution in [0.25, 0.3) is 0 Å². The molecule has 1 aromatic heterocycles. The van der Waals surface area contributed by atoms with E-state index < -0.39 is 10.0 Å². The summed E-state index contributed by atoms with van der Waals surface area (Å²) in [7, 11) is -3.11. The monoisotopic (exact) mass is 313 g/mol. The lowest BCUT2D eigenvalue weighted by Crippen LogP contribution is -2.48. The second kappa shape index (κ2) is 6.72. The number of rotatable bonds is 5. The number of pyridine rings is 1. The van der Waals surface area contributed by atoms with Crippen molar-refractivity contribution < 1.29 is 13.5 Å². The Labute approximate surface area is 126 Å². The molecule has 1 N–H and O–H groups in total. The van der Waals surface area contributed by atoms with Crippen LogP contribution in [0.2, 0.25) is 0 Å². The minimum Gasteiger partial charge on any atom is -0.392 e. The molecule has 7 heteroatoms. The Balaban J connectivity index is 2.14. The lowest BCUT2D eigenvalue weighted by Gasteiger charge is -2.34. The molecule has 2 rings (SSSR count). The van der Waals surface area contributed by atoms with E-state index in [1.807, 2.05) is 12.1 Å². The van der Waals surface area contributed by atoms with Crippen molar-refractivity contribution in [3.05, 3.63) is 23.4 Å². The number of anilines is 1. The third kappa shape index (κ3) is 4.15. The van der Waals surface area contributed by atoms with Gasteiger partial charge in [-0.3, -0.25) is 0 Å². The number of sulfonamides is 1. The summed E-state index contributed by atoms with van der Waals surface area (Å²) in [6, 6.07) is 3.81. The average Bonchev–Trinajstić information content (AvgIpc) is 2.46. The SMILES string of the molecule is CCCc1cc(CO)cc(N2CCN(S(C)(=O)=O)CC2)n1. The highest BCUT2D eigenvalue weighted by Crippen LogP contribution is 2.19. The molecule has 6 nitrogen and oxygen atoms in total. The smallest absolute Gasteiger partial charge is 0.211 e. The number of piperazine rings is 1. The molecule has 118 valence electrons. The van der Waals surface area contributed by atoms with Crippen molar-refractivity contribution in [1.82, 2.24) is 9.29 Å². The van der Waals surface area contributed by atoms with E-state index in [4.69, 9.17) is 0 Å². The summed E-state index contributed by atoms with van der Waals surface area (Å²) < 4.78 is 24.5. The quantitative estimate of drug-likeness (QED) is 0.862. The maximum absolute atomic E-state index is 11.5. The van der Waals surface area contributed by atoms with Gasteiger partial charge in [-0.25, -0.2) is 13.4 Å². The van der Waals surface area contributed by atoms with Gasteiger partial charge in [0.05, 0.1) is 12.9 Å². The summed E-state index contributed by atoms with van der Waals surface area (Å²) in [4.78, 5) is 6.71. The first-order valence-corrected chi connectivity index (χ1v) is 9.09. The van der Waals surface area contributed by atoms with Crippen molar-refractivity contribution in [3.63, 3.8) is 0 Å². The van der Waals surface area contributed by atoms with Crippen LogP contribution in [0.5, 0.6) is 0 Å². The molecule has 0 aromatic carbocycles. The number of aromatic nitrogens is 1. The third-order valence-corrected chi connectivity index (χ3v) is 4.95. The zero-order valence-electron chi connectivity index (χ0n) is 12.6. The maximum Gasteiger partial charge on any atom is 0.211 e. The molecule has 0 amide bonds. The van der Waals surface area contributed by atoms with E-state index in [2.05, 4.69) is 16.8 Å². The van der Waals surface area contributed by atoms with Gasteiger partial charge in [-0.2, -0.15) is 4.31 Å². The molecule has 0 saturated carbocycles. The van der Waals surface area contributed by atoms with Gasteiger partial charge in [0.15, 0.2) is 0 Å². The average molecular weight is 313 g/mol. The van der Waals surface area contributed by atoms with Crippen LogP contribution in [0.15, 0.2) is 12.1 Å². The first-order chi connectivity index (χ1) is 9.94. The number of aliphatic hydroxyl groups is 1. The molecule has 21 heavy (non-hydrogen) atoms. The van der Waals surface area contributed by atoms with Gasteiger partial charge in [-0.15, -0.1) is 0 Å². The summed E-state index contributed by atoms with van der Waals surface area (Å²) in [5.74, 6) is 0.832. The predicted molar refractivity (Wildman–Crippen MR) is 82.8 cm³/mol. The molecule has 2 heterocycles. The largest absolute Gasteiger partial charge is 0.392 e. The van der Waals surface area contributed by atoms with Crippen LogP contribution in [0, 0.1) is 0 Å². The summed E-state index contributed by atoms with van der Waals surface area (Å²) in [6.45, 7) is 4.30. The summed E-state index contributed by atoms with van der Waals surface area (Å²) in [6.07, 6.45) is 3.12. The lowest BCUT2D eigenvalue weighted by atomic mass is 10.1. The van der Waals surface area contributed by atoms with Crippen molar-refractivity contribution in [2.24, 2.45) is 0 Å². The van der Waals surface area contributed by atoms with Crippen molar-refractivity contribution in [3.8, 4) is 0 Å². The standard InChI is InChI=1S/C14H23N3O3S/c1-3-4-13-9-12(11-18)10-14(15-13)16-5-7-17(8-6-16)21(2,19)20/h9-10,18H,3-8,11H2,1-2H3. The Bertz CT molecular complexity index is 581. The summed E-state index contributed by atoms with van der Waals surface area (Å²) in [5.41, 5.74) is 1.83. The first-order valence-electron chi connectivity index (χ1n) is 7.25. The normalized spacial score (nSPS) is 17.2. The van der Waals surface area contributed by atoms with E-state index in [1.54, 1.807) is 0 Å². The number of aliphatic hydroxyl groups excluding tert-OH is 1. The molecule has 1 aromatic rings. The molecule has 0 bridgehead atoms. The topological polar surface area (TPSA) is 73.7 Å². The van der Waals surface area contributed by atoms with E-state index in [0.29, 0.717) is 26.2 Å². The second-order valence-corrected chi connectivity index (χ2v) is 7.36. The van der Waals surface area contributed by atoms with Gasteiger partial charge in [-0.05, 0) is 24.1 Å². The van der Waals surface area contributed by atoms with Crippen LogP contribution in [-0.2, 0) is 23.1 Å². The number of hydrogen-bond donors (Lipinski definition) is 1. The number of hydrogen-bond acceptors (Lipinski definition) is 5. The molecule has 1 saturated heterocycles.